The molecule has 108 valence electrons. The van der Waals surface area contributed by atoms with E-state index in [9.17, 15) is 14.9 Å². The van der Waals surface area contributed by atoms with Crippen molar-refractivity contribution in [3.8, 4) is 6.07 Å². The summed E-state index contributed by atoms with van der Waals surface area (Å²) >= 11 is 0. The quantitative estimate of drug-likeness (QED) is 0.727. The lowest BCUT2D eigenvalue weighted by atomic mass is 9.79. The average molecular weight is 267 g/mol. The fourth-order valence-corrected chi connectivity index (χ4v) is 2.23. The molecule has 0 bridgehead atoms. The molecule has 0 saturated carbocycles. The number of carbonyl (C=O) groups is 2. The summed E-state index contributed by atoms with van der Waals surface area (Å²) < 4.78 is 0. The minimum atomic E-state index is -0.979. The van der Waals surface area contributed by atoms with Gasteiger partial charge in [-0.1, -0.05) is 26.7 Å². The highest BCUT2D eigenvalue weighted by molar-refractivity contribution is 5.89. The molecular weight excluding hydrogens is 242 g/mol. The van der Waals surface area contributed by atoms with Gasteiger partial charge in [0.25, 0.3) is 0 Å². The first-order chi connectivity index (χ1) is 9.01. The molecule has 0 radical (unpaired) electrons. The average Bonchev–Trinajstić information content (AvgIpc) is 2.43. The zero-order chi connectivity index (χ0) is 14.9. The van der Waals surface area contributed by atoms with Crippen LogP contribution in [0.25, 0.3) is 0 Å². The Morgan fingerprint density at radius 3 is 2.05 bits per heavy atom. The summed E-state index contributed by atoms with van der Waals surface area (Å²) in [7, 11) is 1.54. The van der Waals surface area contributed by atoms with Gasteiger partial charge in [-0.25, -0.2) is 0 Å². The summed E-state index contributed by atoms with van der Waals surface area (Å²) in [6, 6.07) is 2.20. The highest BCUT2D eigenvalue weighted by Gasteiger charge is 2.40. The summed E-state index contributed by atoms with van der Waals surface area (Å²) in [6.07, 6.45) is 2.63. The molecule has 2 amide bonds. The topological polar surface area (TPSA) is 73.2 Å². The normalized spacial score (nSPS) is 10.7. The third-order valence-electron chi connectivity index (χ3n) is 3.26. The van der Waals surface area contributed by atoms with Gasteiger partial charge in [0.1, 0.15) is 5.41 Å². The molecular formula is C14H25N3O2. The number of carbonyl (C=O) groups excluding carboxylic acids is 2. The standard InChI is InChI=1S/C14H25N3O2/c1-5-8-14(11-15,9-6-2)13(19)17(7-3)10-12(18)16-4/h5-10H2,1-4H3,(H,16,18). The Hall–Kier alpha value is -1.57. The number of amides is 2. The Balaban J connectivity index is 5.14. The Labute approximate surface area is 116 Å². The van der Waals surface area contributed by atoms with Gasteiger partial charge in [0.15, 0.2) is 0 Å². The molecule has 0 fully saturated rings. The largest absolute Gasteiger partial charge is 0.358 e. The maximum atomic E-state index is 12.6. The van der Waals surface area contributed by atoms with Crippen LogP contribution in [0.15, 0.2) is 0 Å². The van der Waals surface area contributed by atoms with Crippen LogP contribution in [0.3, 0.4) is 0 Å². The van der Waals surface area contributed by atoms with Crippen LogP contribution in [-0.4, -0.2) is 36.9 Å². The van der Waals surface area contributed by atoms with E-state index in [4.69, 9.17) is 0 Å². The van der Waals surface area contributed by atoms with Gasteiger partial charge in [0.05, 0.1) is 12.6 Å². The maximum Gasteiger partial charge on any atom is 0.243 e. The molecule has 5 nitrogen and oxygen atoms in total. The van der Waals surface area contributed by atoms with Gasteiger partial charge in [-0.3, -0.25) is 9.59 Å². The molecule has 19 heavy (non-hydrogen) atoms. The minimum Gasteiger partial charge on any atom is -0.358 e. The van der Waals surface area contributed by atoms with E-state index in [0.717, 1.165) is 12.8 Å². The van der Waals surface area contributed by atoms with Gasteiger partial charge in [0.2, 0.25) is 11.8 Å². The van der Waals surface area contributed by atoms with Crippen LogP contribution in [0.2, 0.25) is 0 Å². The van der Waals surface area contributed by atoms with Gasteiger partial charge >= 0.3 is 0 Å². The number of rotatable bonds is 8. The third-order valence-corrected chi connectivity index (χ3v) is 3.26. The summed E-state index contributed by atoms with van der Waals surface area (Å²) in [6.45, 7) is 6.20. The van der Waals surface area contributed by atoms with Gasteiger partial charge in [-0.15, -0.1) is 0 Å². The lowest BCUT2D eigenvalue weighted by molar-refractivity contribution is -0.142. The van der Waals surface area contributed by atoms with Crippen molar-refractivity contribution in [2.45, 2.75) is 46.5 Å². The molecule has 0 aromatic carbocycles. The van der Waals surface area contributed by atoms with Crippen LogP contribution < -0.4 is 5.32 Å². The van der Waals surface area contributed by atoms with E-state index in [-0.39, 0.29) is 18.4 Å². The number of hydrogen-bond acceptors (Lipinski definition) is 3. The van der Waals surface area contributed by atoms with Crippen LogP contribution in [0.4, 0.5) is 0 Å². The van der Waals surface area contributed by atoms with E-state index in [1.54, 1.807) is 0 Å². The molecule has 0 saturated heterocycles. The first kappa shape index (κ1) is 17.4. The van der Waals surface area contributed by atoms with Crippen molar-refractivity contribution in [1.29, 1.82) is 5.26 Å². The number of nitrogens with zero attached hydrogens (tertiary/aromatic N) is 2. The van der Waals surface area contributed by atoms with Crippen molar-refractivity contribution in [2.75, 3.05) is 20.1 Å². The molecule has 0 aliphatic rings. The van der Waals surface area contributed by atoms with Crippen molar-refractivity contribution in [3.63, 3.8) is 0 Å². The molecule has 0 aliphatic carbocycles. The molecule has 1 N–H and O–H groups in total. The highest BCUT2D eigenvalue weighted by Crippen LogP contribution is 2.31. The molecule has 0 heterocycles. The van der Waals surface area contributed by atoms with E-state index in [1.807, 2.05) is 20.8 Å². The predicted octanol–water partition coefficient (Wildman–Crippen LogP) is 1.69. The second-order valence-electron chi connectivity index (χ2n) is 4.69. The molecule has 0 spiro atoms. The van der Waals surface area contributed by atoms with Crippen LogP contribution in [0.1, 0.15) is 46.5 Å². The molecule has 0 aromatic heterocycles. The molecule has 0 atom stereocenters. The Kier molecular flexibility index (Phi) is 7.81. The second-order valence-corrected chi connectivity index (χ2v) is 4.69. The first-order valence-corrected chi connectivity index (χ1v) is 6.92. The first-order valence-electron chi connectivity index (χ1n) is 6.92. The summed E-state index contributed by atoms with van der Waals surface area (Å²) in [4.78, 5) is 25.5. The molecule has 5 heteroatoms. The van der Waals surface area contributed by atoms with E-state index in [0.29, 0.717) is 19.4 Å². The summed E-state index contributed by atoms with van der Waals surface area (Å²) in [5, 5.41) is 11.9. The van der Waals surface area contributed by atoms with E-state index < -0.39 is 5.41 Å². The zero-order valence-corrected chi connectivity index (χ0v) is 12.5. The number of hydrogen-bond donors (Lipinski definition) is 1. The SMILES string of the molecule is CCCC(C#N)(CCC)C(=O)N(CC)CC(=O)NC. The van der Waals surface area contributed by atoms with Gasteiger partial charge in [0, 0.05) is 13.6 Å². The highest BCUT2D eigenvalue weighted by atomic mass is 16.2. The van der Waals surface area contributed by atoms with Gasteiger partial charge < -0.3 is 10.2 Å². The minimum absolute atomic E-state index is 0.0166. The van der Waals surface area contributed by atoms with Crippen LogP contribution >= 0.6 is 0 Å². The number of nitriles is 1. The van der Waals surface area contributed by atoms with Crippen LogP contribution in [0, 0.1) is 16.7 Å². The summed E-state index contributed by atoms with van der Waals surface area (Å²) in [5.41, 5.74) is -0.979. The van der Waals surface area contributed by atoms with Crippen molar-refractivity contribution in [3.05, 3.63) is 0 Å². The van der Waals surface area contributed by atoms with E-state index >= 15 is 0 Å². The van der Waals surface area contributed by atoms with E-state index in [2.05, 4.69) is 11.4 Å². The maximum absolute atomic E-state index is 12.6. The van der Waals surface area contributed by atoms with Crippen molar-refractivity contribution in [2.24, 2.45) is 5.41 Å². The monoisotopic (exact) mass is 267 g/mol. The fraction of sp³-hybridized carbons (Fsp3) is 0.786. The lowest BCUT2D eigenvalue weighted by Crippen LogP contribution is -2.47. The molecule has 0 rings (SSSR count). The number of nitrogens with one attached hydrogen (secondary N) is 1. The molecule has 0 aromatic rings. The summed E-state index contributed by atoms with van der Waals surface area (Å²) in [5.74, 6) is -0.431. The molecule has 0 aliphatic heterocycles. The van der Waals surface area contributed by atoms with Crippen LogP contribution in [-0.2, 0) is 9.59 Å². The Morgan fingerprint density at radius 2 is 1.74 bits per heavy atom. The van der Waals surface area contributed by atoms with Gasteiger partial charge in [-0.05, 0) is 19.8 Å². The Morgan fingerprint density at radius 1 is 1.21 bits per heavy atom. The van der Waals surface area contributed by atoms with Crippen LogP contribution in [0.5, 0.6) is 0 Å². The van der Waals surface area contributed by atoms with Gasteiger partial charge in [-0.2, -0.15) is 5.26 Å². The Bertz CT molecular complexity index is 341. The second kappa shape index (κ2) is 8.52. The third kappa shape index (κ3) is 4.55. The predicted molar refractivity (Wildman–Crippen MR) is 74.2 cm³/mol. The fourth-order valence-electron chi connectivity index (χ4n) is 2.23. The number of likely N-dealkylation sites (N-methyl/N-ethyl adjacent to an activating group) is 2. The zero-order valence-electron chi connectivity index (χ0n) is 12.5. The van der Waals surface area contributed by atoms with Crippen molar-refractivity contribution < 1.29 is 9.59 Å². The lowest BCUT2D eigenvalue weighted by Gasteiger charge is -2.31. The van der Waals surface area contributed by atoms with Crippen molar-refractivity contribution >= 4 is 11.8 Å². The smallest absolute Gasteiger partial charge is 0.243 e. The van der Waals surface area contributed by atoms with Crippen molar-refractivity contribution in [1.82, 2.24) is 10.2 Å². The van der Waals surface area contributed by atoms with E-state index in [1.165, 1.54) is 11.9 Å². The molecule has 0 unspecified atom stereocenters.